The Morgan fingerprint density at radius 3 is 2.53 bits per heavy atom. The van der Waals surface area contributed by atoms with Crippen LogP contribution in [0.4, 0.5) is 0 Å². The van der Waals surface area contributed by atoms with Gasteiger partial charge in [0.2, 0.25) is 0 Å². The van der Waals surface area contributed by atoms with Crippen molar-refractivity contribution in [3.8, 4) is 0 Å². The molecule has 0 aromatic carbocycles. The summed E-state index contributed by atoms with van der Waals surface area (Å²) in [5, 5.41) is 13.4. The van der Waals surface area contributed by atoms with Crippen molar-refractivity contribution in [3.05, 3.63) is 12.4 Å². The third-order valence-corrected chi connectivity index (χ3v) is 3.39. The molecule has 0 aliphatic heterocycles. The van der Waals surface area contributed by atoms with Crippen molar-refractivity contribution in [2.24, 2.45) is 0 Å². The van der Waals surface area contributed by atoms with Crippen molar-refractivity contribution in [3.63, 3.8) is 0 Å². The van der Waals surface area contributed by atoms with Crippen LogP contribution in [0.3, 0.4) is 0 Å². The molecule has 1 aromatic heterocycles. The largest absolute Gasteiger partial charge is 0.391 e. The van der Waals surface area contributed by atoms with Gasteiger partial charge in [0, 0.05) is 12.5 Å². The molecule has 2 unspecified atom stereocenters. The number of aliphatic hydroxyl groups is 1. The van der Waals surface area contributed by atoms with E-state index < -0.39 is 15.9 Å². The Morgan fingerprint density at radius 1 is 1.60 bits per heavy atom. The highest BCUT2D eigenvalue weighted by Crippen LogP contribution is 2.17. The van der Waals surface area contributed by atoms with E-state index in [1.807, 2.05) is 6.92 Å². The third kappa shape index (κ3) is 2.79. The summed E-state index contributed by atoms with van der Waals surface area (Å²) >= 11 is 0. The molecule has 0 saturated carbocycles. The zero-order valence-electron chi connectivity index (χ0n) is 9.08. The Kier molecular flexibility index (Phi) is 3.51. The maximum Gasteiger partial charge on any atom is 0.178 e. The first-order chi connectivity index (χ1) is 6.86. The Bertz CT molecular complexity index is 422. The van der Waals surface area contributed by atoms with Gasteiger partial charge in [0.15, 0.2) is 9.84 Å². The molecular weight excluding hydrogens is 216 g/mol. The second kappa shape index (κ2) is 4.32. The van der Waals surface area contributed by atoms with E-state index in [0.717, 1.165) is 6.26 Å². The van der Waals surface area contributed by atoms with Crippen molar-refractivity contribution in [2.45, 2.75) is 37.3 Å². The van der Waals surface area contributed by atoms with Gasteiger partial charge in [-0.1, -0.05) is 6.92 Å². The molecule has 0 spiro atoms. The molecule has 0 bridgehead atoms. The van der Waals surface area contributed by atoms with Gasteiger partial charge in [-0.2, -0.15) is 5.10 Å². The standard InChI is InChI=1S/C9H16N2O3S/c1-4-9(7(2)12)11-6-8(5-10-11)15(3,13)14/h5-7,9,12H,4H2,1-3H3. The van der Waals surface area contributed by atoms with Crippen LogP contribution in [-0.4, -0.2) is 35.7 Å². The number of sulfone groups is 1. The molecule has 0 radical (unpaired) electrons. The highest BCUT2D eigenvalue weighted by atomic mass is 32.2. The lowest BCUT2D eigenvalue weighted by molar-refractivity contribution is 0.120. The van der Waals surface area contributed by atoms with Gasteiger partial charge in [-0.15, -0.1) is 0 Å². The van der Waals surface area contributed by atoms with Crippen molar-refractivity contribution in [1.82, 2.24) is 9.78 Å². The van der Waals surface area contributed by atoms with Gasteiger partial charge in [-0.05, 0) is 13.3 Å². The summed E-state index contributed by atoms with van der Waals surface area (Å²) < 4.78 is 23.9. The normalized spacial score (nSPS) is 16.3. The molecule has 86 valence electrons. The van der Waals surface area contributed by atoms with E-state index in [-0.39, 0.29) is 10.9 Å². The Labute approximate surface area is 89.6 Å². The minimum absolute atomic E-state index is 0.180. The molecule has 0 fully saturated rings. The quantitative estimate of drug-likeness (QED) is 0.826. The van der Waals surface area contributed by atoms with Gasteiger partial charge >= 0.3 is 0 Å². The molecule has 2 atom stereocenters. The molecular formula is C9H16N2O3S. The predicted octanol–water partition coefficient (Wildman–Crippen LogP) is 0.619. The Balaban J connectivity index is 3.03. The van der Waals surface area contributed by atoms with Crippen LogP contribution in [0.25, 0.3) is 0 Å². The predicted molar refractivity (Wildman–Crippen MR) is 56.3 cm³/mol. The molecule has 1 rings (SSSR count). The number of hydrogen-bond donors (Lipinski definition) is 1. The first-order valence-corrected chi connectivity index (χ1v) is 6.67. The molecule has 6 heteroatoms. The van der Waals surface area contributed by atoms with E-state index in [0.29, 0.717) is 6.42 Å². The zero-order valence-corrected chi connectivity index (χ0v) is 9.90. The Hall–Kier alpha value is -0.880. The Morgan fingerprint density at radius 2 is 2.20 bits per heavy atom. The summed E-state index contributed by atoms with van der Waals surface area (Å²) in [5.74, 6) is 0. The lowest BCUT2D eigenvalue weighted by Crippen LogP contribution is -2.21. The summed E-state index contributed by atoms with van der Waals surface area (Å²) in [6.45, 7) is 3.58. The molecule has 15 heavy (non-hydrogen) atoms. The maximum atomic E-state index is 11.2. The van der Waals surface area contributed by atoms with Gasteiger partial charge in [0.25, 0.3) is 0 Å². The van der Waals surface area contributed by atoms with Crippen LogP contribution < -0.4 is 0 Å². The van der Waals surface area contributed by atoms with Gasteiger partial charge < -0.3 is 5.11 Å². The second-order valence-corrected chi connectivity index (χ2v) is 5.66. The molecule has 0 aliphatic carbocycles. The first-order valence-electron chi connectivity index (χ1n) is 4.78. The lowest BCUT2D eigenvalue weighted by atomic mass is 10.1. The van der Waals surface area contributed by atoms with E-state index in [2.05, 4.69) is 5.10 Å². The van der Waals surface area contributed by atoms with E-state index in [4.69, 9.17) is 0 Å². The van der Waals surface area contributed by atoms with Gasteiger partial charge in [-0.25, -0.2) is 8.42 Å². The molecule has 0 amide bonds. The van der Waals surface area contributed by atoms with Crippen LogP contribution in [0, 0.1) is 0 Å². The number of aliphatic hydroxyl groups excluding tert-OH is 1. The van der Waals surface area contributed by atoms with Crippen LogP contribution in [0.2, 0.25) is 0 Å². The van der Waals surface area contributed by atoms with Crippen molar-refractivity contribution in [1.29, 1.82) is 0 Å². The molecule has 0 saturated heterocycles. The summed E-state index contributed by atoms with van der Waals surface area (Å²) in [7, 11) is -3.21. The van der Waals surface area contributed by atoms with Gasteiger partial charge in [0.05, 0.1) is 18.3 Å². The average Bonchev–Trinajstić information content (AvgIpc) is 2.52. The minimum Gasteiger partial charge on any atom is -0.391 e. The van der Waals surface area contributed by atoms with Crippen LogP contribution in [0.5, 0.6) is 0 Å². The number of aromatic nitrogens is 2. The molecule has 1 aromatic rings. The fourth-order valence-corrected chi connectivity index (χ4v) is 1.98. The number of rotatable bonds is 4. The highest BCUT2D eigenvalue weighted by Gasteiger charge is 2.18. The second-order valence-electron chi connectivity index (χ2n) is 3.64. The monoisotopic (exact) mass is 232 g/mol. The zero-order chi connectivity index (χ0) is 11.6. The molecule has 1 N–H and O–H groups in total. The summed E-state index contributed by atoms with van der Waals surface area (Å²) in [4.78, 5) is 0.182. The third-order valence-electron chi connectivity index (χ3n) is 2.32. The molecule has 0 aliphatic rings. The van der Waals surface area contributed by atoms with E-state index in [1.54, 1.807) is 6.92 Å². The highest BCUT2D eigenvalue weighted by molar-refractivity contribution is 7.90. The molecule has 1 heterocycles. The SMILES string of the molecule is CCC(C(C)O)n1cc(S(C)(=O)=O)cn1. The lowest BCUT2D eigenvalue weighted by Gasteiger charge is -2.18. The number of nitrogens with zero attached hydrogens (tertiary/aromatic N) is 2. The van der Waals surface area contributed by atoms with Crippen molar-refractivity contribution < 1.29 is 13.5 Å². The van der Waals surface area contributed by atoms with E-state index >= 15 is 0 Å². The summed E-state index contributed by atoms with van der Waals surface area (Å²) in [6.07, 6.45) is 4.04. The maximum absolute atomic E-state index is 11.2. The van der Waals surface area contributed by atoms with Crippen molar-refractivity contribution in [2.75, 3.05) is 6.26 Å². The topological polar surface area (TPSA) is 72.2 Å². The summed E-state index contributed by atoms with van der Waals surface area (Å²) in [6, 6.07) is -0.180. The van der Waals surface area contributed by atoms with Crippen LogP contribution in [-0.2, 0) is 9.84 Å². The van der Waals surface area contributed by atoms with Crippen LogP contribution in [0.15, 0.2) is 17.3 Å². The van der Waals surface area contributed by atoms with Crippen molar-refractivity contribution >= 4 is 9.84 Å². The average molecular weight is 232 g/mol. The van der Waals surface area contributed by atoms with Crippen LogP contribution >= 0.6 is 0 Å². The van der Waals surface area contributed by atoms with E-state index in [9.17, 15) is 13.5 Å². The summed E-state index contributed by atoms with van der Waals surface area (Å²) in [5.41, 5.74) is 0. The fraction of sp³-hybridized carbons (Fsp3) is 0.667. The smallest absolute Gasteiger partial charge is 0.178 e. The van der Waals surface area contributed by atoms with Crippen LogP contribution in [0.1, 0.15) is 26.3 Å². The van der Waals surface area contributed by atoms with Gasteiger partial charge in [0.1, 0.15) is 4.90 Å². The minimum atomic E-state index is -3.21. The molecule has 5 nitrogen and oxygen atoms in total. The fourth-order valence-electron chi connectivity index (χ4n) is 1.44. The first kappa shape index (κ1) is 12.2. The number of hydrogen-bond acceptors (Lipinski definition) is 4. The van der Waals surface area contributed by atoms with E-state index in [1.165, 1.54) is 17.1 Å². The van der Waals surface area contributed by atoms with Gasteiger partial charge in [-0.3, -0.25) is 4.68 Å².